The Balaban J connectivity index is 2.93. The van der Waals surface area contributed by atoms with E-state index in [2.05, 4.69) is 4.72 Å². The summed E-state index contributed by atoms with van der Waals surface area (Å²) in [6, 6.07) is 6.81. The van der Waals surface area contributed by atoms with Crippen LogP contribution in [0.3, 0.4) is 0 Å². The van der Waals surface area contributed by atoms with Crippen molar-refractivity contribution in [1.82, 2.24) is 4.72 Å². The lowest BCUT2D eigenvalue weighted by atomic mass is 10.1. The molecule has 0 aliphatic rings. The van der Waals surface area contributed by atoms with Crippen molar-refractivity contribution in [3.8, 4) is 0 Å². The molecule has 0 bridgehead atoms. The Morgan fingerprint density at radius 2 is 1.71 bits per heavy atom. The fourth-order valence-corrected chi connectivity index (χ4v) is 2.88. The molecule has 0 heterocycles. The predicted octanol–water partition coefficient (Wildman–Crippen LogP) is 1.26. The van der Waals surface area contributed by atoms with Gasteiger partial charge in [-0.1, -0.05) is 12.1 Å². The standard InChI is InChI=1S/C12H20N2O2S/c1-12(2,3)14-17(15,16)11-6-4-10(5-7-11)8-9-13/h4-7,14H,8-9,13H2,1-3H3. The average molecular weight is 256 g/mol. The lowest BCUT2D eigenvalue weighted by molar-refractivity contribution is 0.491. The maximum absolute atomic E-state index is 12.0. The van der Waals surface area contributed by atoms with Crippen molar-refractivity contribution in [2.45, 2.75) is 37.6 Å². The van der Waals surface area contributed by atoms with Crippen molar-refractivity contribution in [3.63, 3.8) is 0 Å². The molecule has 17 heavy (non-hydrogen) atoms. The van der Waals surface area contributed by atoms with E-state index in [0.29, 0.717) is 6.54 Å². The molecule has 0 fully saturated rings. The number of hydrogen-bond donors (Lipinski definition) is 2. The maximum Gasteiger partial charge on any atom is 0.241 e. The minimum absolute atomic E-state index is 0.285. The van der Waals surface area contributed by atoms with Gasteiger partial charge in [-0.3, -0.25) is 0 Å². The van der Waals surface area contributed by atoms with Crippen LogP contribution in [0.1, 0.15) is 26.3 Å². The van der Waals surface area contributed by atoms with Crippen LogP contribution in [0.4, 0.5) is 0 Å². The Labute approximate surface area is 103 Å². The molecule has 96 valence electrons. The normalized spacial score (nSPS) is 12.7. The third-order valence-corrected chi connectivity index (χ3v) is 3.88. The van der Waals surface area contributed by atoms with Gasteiger partial charge in [-0.05, 0) is 51.4 Å². The molecule has 1 rings (SSSR count). The third-order valence-electron chi connectivity index (χ3n) is 2.11. The number of nitrogens with one attached hydrogen (secondary N) is 1. The van der Waals surface area contributed by atoms with E-state index in [1.165, 1.54) is 0 Å². The van der Waals surface area contributed by atoms with Gasteiger partial charge in [0, 0.05) is 5.54 Å². The van der Waals surface area contributed by atoms with Crippen LogP contribution in [0.15, 0.2) is 29.2 Å². The second-order valence-electron chi connectivity index (χ2n) is 5.04. The number of rotatable bonds is 4. The topological polar surface area (TPSA) is 72.2 Å². The highest BCUT2D eigenvalue weighted by atomic mass is 32.2. The Morgan fingerprint density at radius 1 is 1.18 bits per heavy atom. The zero-order valence-electron chi connectivity index (χ0n) is 10.5. The van der Waals surface area contributed by atoms with Crippen LogP contribution in [0.2, 0.25) is 0 Å². The molecule has 0 aliphatic heterocycles. The van der Waals surface area contributed by atoms with E-state index in [1.807, 2.05) is 20.8 Å². The van der Waals surface area contributed by atoms with Crippen molar-refractivity contribution in [1.29, 1.82) is 0 Å². The average Bonchev–Trinajstić information content (AvgIpc) is 2.15. The van der Waals surface area contributed by atoms with Gasteiger partial charge in [0.05, 0.1) is 4.90 Å². The van der Waals surface area contributed by atoms with Gasteiger partial charge < -0.3 is 5.73 Å². The molecule has 5 heteroatoms. The number of nitrogens with two attached hydrogens (primary N) is 1. The van der Waals surface area contributed by atoms with E-state index in [-0.39, 0.29) is 4.90 Å². The minimum atomic E-state index is -3.43. The number of benzene rings is 1. The Morgan fingerprint density at radius 3 is 2.12 bits per heavy atom. The van der Waals surface area contributed by atoms with Gasteiger partial charge in [0.15, 0.2) is 0 Å². The van der Waals surface area contributed by atoms with Crippen LogP contribution in [-0.2, 0) is 16.4 Å². The second kappa shape index (κ2) is 5.16. The van der Waals surface area contributed by atoms with E-state index < -0.39 is 15.6 Å². The lowest BCUT2D eigenvalue weighted by Crippen LogP contribution is -2.40. The third kappa shape index (κ3) is 4.46. The van der Waals surface area contributed by atoms with Crippen molar-refractivity contribution in [2.75, 3.05) is 6.54 Å². The summed E-state index contributed by atoms with van der Waals surface area (Å²) in [5.74, 6) is 0. The van der Waals surface area contributed by atoms with Crippen LogP contribution in [0.25, 0.3) is 0 Å². The van der Waals surface area contributed by atoms with Crippen molar-refractivity contribution >= 4 is 10.0 Å². The molecular weight excluding hydrogens is 236 g/mol. The first-order valence-electron chi connectivity index (χ1n) is 5.57. The highest BCUT2D eigenvalue weighted by Gasteiger charge is 2.21. The molecule has 0 atom stereocenters. The first-order valence-corrected chi connectivity index (χ1v) is 7.06. The second-order valence-corrected chi connectivity index (χ2v) is 6.72. The van der Waals surface area contributed by atoms with E-state index in [9.17, 15) is 8.42 Å². The first kappa shape index (κ1) is 14.2. The smallest absolute Gasteiger partial charge is 0.241 e. The summed E-state index contributed by atoms with van der Waals surface area (Å²) in [4.78, 5) is 0.285. The molecule has 0 spiro atoms. The van der Waals surface area contributed by atoms with Gasteiger partial charge >= 0.3 is 0 Å². The molecule has 1 aromatic rings. The molecule has 0 amide bonds. The predicted molar refractivity (Wildman–Crippen MR) is 69.3 cm³/mol. The van der Waals surface area contributed by atoms with Crippen molar-refractivity contribution in [3.05, 3.63) is 29.8 Å². The van der Waals surface area contributed by atoms with Gasteiger partial charge in [-0.25, -0.2) is 13.1 Å². The van der Waals surface area contributed by atoms with Crippen LogP contribution < -0.4 is 10.5 Å². The summed E-state index contributed by atoms with van der Waals surface area (Å²) in [7, 11) is -3.43. The fourth-order valence-electron chi connectivity index (χ4n) is 1.46. The summed E-state index contributed by atoms with van der Waals surface area (Å²) < 4.78 is 26.6. The van der Waals surface area contributed by atoms with E-state index in [0.717, 1.165) is 12.0 Å². The quantitative estimate of drug-likeness (QED) is 0.852. The van der Waals surface area contributed by atoms with Crippen LogP contribution >= 0.6 is 0 Å². The molecule has 0 radical (unpaired) electrons. The Hall–Kier alpha value is -0.910. The molecule has 0 aromatic heterocycles. The summed E-state index contributed by atoms with van der Waals surface area (Å²) in [6.45, 7) is 6.00. The molecule has 0 saturated carbocycles. The molecule has 4 nitrogen and oxygen atoms in total. The summed E-state index contributed by atoms with van der Waals surface area (Å²) in [5, 5.41) is 0. The first-order chi connectivity index (χ1) is 7.74. The number of hydrogen-bond acceptors (Lipinski definition) is 3. The Kier molecular flexibility index (Phi) is 4.30. The van der Waals surface area contributed by atoms with E-state index >= 15 is 0 Å². The molecule has 3 N–H and O–H groups in total. The fraction of sp³-hybridized carbons (Fsp3) is 0.500. The van der Waals surface area contributed by atoms with Gasteiger partial charge in [0.1, 0.15) is 0 Å². The Bertz CT molecular complexity index is 458. The summed E-state index contributed by atoms with van der Waals surface area (Å²) in [5.41, 5.74) is 6.00. The molecule has 1 aromatic carbocycles. The van der Waals surface area contributed by atoms with Gasteiger partial charge in [0.2, 0.25) is 10.0 Å². The largest absolute Gasteiger partial charge is 0.330 e. The van der Waals surface area contributed by atoms with Crippen molar-refractivity contribution < 1.29 is 8.42 Å². The van der Waals surface area contributed by atoms with Crippen molar-refractivity contribution in [2.24, 2.45) is 5.73 Å². The maximum atomic E-state index is 12.0. The summed E-state index contributed by atoms with van der Waals surface area (Å²) in [6.07, 6.45) is 0.757. The zero-order valence-corrected chi connectivity index (χ0v) is 11.3. The van der Waals surface area contributed by atoms with Gasteiger partial charge in [0.25, 0.3) is 0 Å². The van der Waals surface area contributed by atoms with E-state index in [4.69, 9.17) is 5.73 Å². The molecule has 0 aliphatic carbocycles. The van der Waals surface area contributed by atoms with E-state index in [1.54, 1.807) is 24.3 Å². The molecule has 0 unspecified atom stereocenters. The molecular formula is C12H20N2O2S. The van der Waals surface area contributed by atoms with Gasteiger partial charge in [-0.2, -0.15) is 0 Å². The van der Waals surface area contributed by atoms with Crippen LogP contribution in [0, 0.1) is 0 Å². The van der Waals surface area contributed by atoms with Crippen LogP contribution in [-0.4, -0.2) is 20.5 Å². The van der Waals surface area contributed by atoms with Crippen LogP contribution in [0.5, 0.6) is 0 Å². The lowest BCUT2D eigenvalue weighted by Gasteiger charge is -2.20. The molecule has 0 saturated heterocycles. The number of sulfonamides is 1. The minimum Gasteiger partial charge on any atom is -0.330 e. The zero-order chi connectivity index (χ0) is 13.1. The summed E-state index contributed by atoms with van der Waals surface area (Å²) >= 11 is 0. The SMILES string of the molecule is CC(C)(C)NS(=O)(=O)c1ccc(CCN)cc1. The highest BCUT2D eigenvalue weighted by Crippen LogP contribution is 2.13. The monoisotopic (exact) mass is 256 g/mol. The van der Waals surface area contributed by atoms with Gasteiger partial charge in [-0.15, -0.1) is 0 Å². The highest BCUT2D eigenvalue weighted by molar-refractivity contribution is 7.89.